The van der Waals surface area contributed by atoms with Crippen LogP contribution in [0.1, 0.15) is 18.4 Å². The molecule has 0 aliphatic carbocycles. The van der Waals surface area contributed by atoms with E-state index in [0.717, 1.165) is 17.9 Å². The van der Waals surface area contributed by atoms with Gasteiger partial charge in [0, 0.05) is 34.8 Å². The van der Waals surface area contributed by atoms with Gasteiger partial charge in [0.05, 0.1) is 0 Å². The van der Waals surface area contributed by atoms with E-state index < -0.39 is 5.82 Å². The number of thioether (sulfide) groups is 1. The summed E-state index contributed by atoms with van der Waals surface area (Å²) in [5, 5.41) is 7.93. The summed E-state index contributed by atoms with van der Waals surface area (Å²) in [5.74, 6) is 0.965. The fourth-order valence-corrected chi connectivity index (χ4v) is 2.72. The number of rotatable bonds is 4. The molecule has 2 aromatic heterocycles. The molecule has 0 aliphatic rings. The molecule has 2 N–H and O–H groups in total. The molecular weight excluding hydrogens is 291 g/mol. The normalized spacial score (nSPS) is 11.1. The Bertz CT molecular complexity index is 842. The number of nitrogens with one attached hydrogen (secondary N) is 2. The van der Waals surface area contributed by atoms with Gasteiger partial charge in [0.1, 0.15) is 11.6 Å². The van der Waals surface area contributed by atoms with E-state index in [9.17, 15) is 9.18 Å². The molecule has 21 heavy (non-hydrogen) atoms. The van der Waals surface area contributed by atoms with Crippen molar-refractivity contribution in [3.05, 3.63) is 51.8 Å². The first kappa shape index (κ1) is 13.8. The van der Waals surface area contributed by atoms with Gasteiger partial charge in [-0.25, -0.2) is 9.37 Å². The van der Waals surface area contributed by atoms with Gasteiger partial charge >= 0.3 is 0 Å². The van der Waals surface area contributed by atoms with E-state index in [4.69, 9.17) is 0 Å². The largest absolute Gasteiger partial charge is 0.357 e. The standard InChI is InChI=1S/C14H13FN4OS/c1-2-13-17-14(19-18-13)21-7-9-6-12(20)10-5-8(15)3-4-11(10)16-9/h3-6H,2,7H2,1H3,(H,16,20)(H,17,18,19). The molecule has 7 heteroatoms. The summed E-state index contributed by atoms with van der Waals surface area (Å²) in [6.45, 7) is 1.99. The first-order valence-corrected chi connectivity index (χ1v) is 7.50. The Labute approximate surface area is 124 Å². The average molecular weight is 304 g/mol. The van der Waals surface area contributed by atoms with Crippen LogP contribution in [-0.4, -0.2) is 20.2 Å². The number of aromatic nitrogens is 4. The summed E-state index contributed by atoms with van der Waals surface area (Å²) in [7, 11) is 0. The number of benzene rings is 1. The molecule has 0 atom stereocenters. The highest BCUT2D eigenvalue weighted by Gasteiger charge is 2.06. The molecule has 0 saturated heterocycles. The summed E-state index contributed by atoms with van der Waals surface area (Å²) < 4.78 is 13.1. The van der Waals surface area contributed by atoms with Crippen LogP contribution < -0.4 is 5.43 Å². The summed E-state index contributed by atoms with van der Waals surface area (Å²) in [6.07, 6.45) is 0.798. The molecule has 0 radical (unpaired) electrons. The van der Waals surface area contributed by atoms with Crippen LogP contribution in [0.4, 0.5) is 4.39 Å². The molecule has 0 amide bonds. The number of fused-ring (bicyclic) bond motifs is 1. The van der Waals surface area contributed by atoms with Crippen molar-refractivity contribution in [1.82, 2.24) is 20.2 Å². The Morgan fingerprint density at radius 3 is 2.95 bits per heavy atom. The number of nitrogens with zero attached hydrogens (tertiary/aromatic N) is 2. The fourth-order valence-electron chi connectivity index (χ4n) is 1.99. The Balaban J connectivity index is 1.84. The van der Waals surface area contributed by atoms with E-state index in [2.05, 4.69) is 20.2 Å². The highest BCUT2D eigenvalue weighted by atomic mass is 32.2. The zero-order chi connectivity index (χ0) is 14.8. The van der Waals surface area contributed by atoms with Gasteiger partial charge in [-0.2, -0.15) is 0 Å². The van der Waals surface area contributed by atoms with Crippen molar-refractivity contribution in [2.75, 3.05) is 0 Å². The predicted octanol–water partition coefficient (Wildman–Crippen LogP) is 2.64. The molecule has 2 heterocycles. The summed E-state index contributed by atoms with van der Waals surface area (Å²) in [4.78, 5) is 19.4. The van der Waals surface area contributed by atoms with Crippen molar-refractivity contribution < 1.29 is 4.39 Å². The molecule has 5 nitrogen and oxygen atoms in total. The lowest BCUT2D eigenvalue weighted by atomic mass is 10.2. The van der Waals surface area contributed by atoms with Gasteiger partial charge in [-0.1, -0.05) is 18.7 Å². The van der Waals surface area contributed by atoms with Crippen LogP contribution in [0.15, 0.2) is 34.2 Å². The van der Waals surface area contributed by atoms with Crippen molar-refractivity contribution in [3.63, 3.8) is 0 Å². The second kappa shape index (κ2) is 5.69. The molecule has 0 aliphatic heterocycles. The van der Waals surface area contributed by atoms with E-state index in [1.165, 1.54) is 30.0 Å². The molecule has 0 bridgehead atoms. The minimum atomic E-state index is -0.414. The number of H-pyrrole nitrogens is 2. The summed E-state index contributed by atoms with van der Waals surface area (Å²) in [6, 6.07) is 5.64. The van der Waals surface area contributed by atoms with Crippen LogP contribution in [0.3, 0.4) is 0 Å². The van der Waals surface area contributed by atoms with Crippen LogP contribution in [-0.2, 0) is 12.2 Å². The molecule has 108 valence electrons. The number of halogens is 1. The number of hydrogen-bond donors (Lipinski definition) is 2. The van der Waals surface area contributed by atoms with Crippen molar-refractivity contribution in [3.8, 4) is 0 Å². The van der Waals surface area contributed by atoms with Gasteiger partial charge < -0.3 is 4.98 Å². The van der Waals surface area contributed by atoms with E-state index in [-0.39, 0.29) is 5.43 Å². The smallest absolute Gasteiger partial charge is 0.208 e. The Morgan fingerprint density at radius 1 is 1.33 bits per heavy atom. The highest BCUT2D eigenvalue weighted by molar-refractivity contribution is 7.98. The average Bonchev–Trinajstić information content (AvgIpc) is 2.94. The molecular formula is C14H13FN4OS. The Hall–Kier alpha value is -2.15. The first-order valence-electron chi connectivity index (χ1n) is 6.51. The summed E-state index contributed by atoms with van der Waals surface area (Å²) >= 11 is 1.43. The fraction of sp³-hybridized carbons (Fsp3) is 0.214. The SMILES string of the molecule is CCc1nc(SCc2cc(=O)c3cc(F)ccc3[nH]2)n[nH]1. The monoisotopic (exact) mass is 304 g/mol. The van der Waals surface area contributed by atoms with Gasteiger partial charge in [-0.05, 0) is 18.2 Å². The maximum atomic E-state index is 13.1. The Kier molecular flexibility index (Phi) is 3.74. The van der Waals surface area contributed by atoms with Crippen LogP contribution in [0.2, 0.25) is 0 Å². The van der Waals surface area contributed by atoms with Gasteiger partial charge in [-0.3, -0.25) is 9.89 Å². The van der Waals surface area contributed by atoms with Gasteiger partial charge in [0.15, 0.2) is 5.43 Å². The third kappa shape index (κ3) is 2.97. The minimum absolute atomic E-state index is 0.192. The number of aryl methyl sites for hydroxylation is 1. The lowest BCUT2D eigenvalue weighted by Gasteiger charge is -2.03. The minimum Gasteiger partial charge on any atom is -0.357 e. The molecule has 0 spiro atoms. The van der Waals surface area contributed by atoms with Crippen LogP contribution in [0.25, 0.3) is 10.9 Å². The number of hydrogen-bond acceptors (Lipinski definition) is 4. The number of pyridine rings is 1. The summed E-state index contributed by atoms with van der Waals surface area (Å²) in [5.41, 5.74) is 1.19. The maximum absolute atomic E-state index is 13.1. The molecule has 0 unspecified atom stereocenters. The van der Waals surface area contributed by atoms with Crippen LogP contribution in [0, 0.1) is 5.82 Å². The van der Waals surface area contributed by atoms with E-state index >= 15 is 0 Å². The van der Waals surface area contributed by atoms with Crippen molar-refractivity contribution in [2.24, 2.45) is 0 Å². The quantitative estimate of drug-likeness (QED) is 0.727. The van der Waals surface area contributed by atoms with Gasteiger partial charge in [-0.15, -0.1) is 5.10 Å². The topological polar surface area (TPSA) is 74.4 Å². The van der Waals surface area contributed by atoms with E-state index in [0.29, 0.717) is 21.8 Å². The van der Waals surface area contributed by atoms with E-state index in [1.54, 1.807) is 6.07 Å². The van der Waals surface area contributed by atoms with Crippen LogP contribution in [0.5, 0.6) is 0 Å². The lowest BCUT2D eigenvalue weighted by molar-refractivity contribution is 0.629. The molecule has 1 aromatic carbocycles. The second-order valence-corrected chi connectivity index (χ2v) is 5.50. The molecule has 0 saturated carbocycles. The third-order valence-corrected chi connectivity index (χ3v) is 3.95. The highest BCUT2D eigenvalue weighted by Crippen LogP contribution is 2.19. The lowest BCUT2D eigenvalue weighted by Crippen LogP contribution is -2.04. The zero-order valence-electron chi connectivity index (χ0n) is 11.3. The van der Waals surface area contributed by atoms with Crippen molar-refractivity contribution in [2.45, 2.75) is 24.3 Å². The zero-order valence-corrected chi connectivity index (χ0v) is 12.1. The van der Waals surface area contributed by atoms with Crippen molar-refractivity contribution in [1.29, 1.82) is 0 Å². The number of aromatic amines is 2. The maximum Gasteiger partial charge on any atom is 0.208 e. The Morgan fingerprint density at radius 2 is 2.19 bits per heavy atom. The molecule has 3 rings (SSSR count). The third-order valence-electron chi connectivity index (χ3n) is 3.05. The van der Waals surface area contributed by atoms with E-state index in [1.807, 2.05) is 6.92 Å². The first-order chi connectivity index (χ1) is 10.2. The van der Waals surface area contributed by atoms with Crippen molar-refractivity contribution >= 4 is 22.7 Å². The molecule has 0 fully saturated rings. The van der Waals surface area contributed by atoms with Crippen LogP contribution >= 0.6 is 11.8 Å². The van der Waals surface area contributed by atoms with Gasteiger partial charge in [0.2, 0.25) is 5.16 Å². The van der Waals surface area contributed by atoms with Gasteiger partial charge in [0.25, 0.3) is 0 Å². The second-order valence-electron chi connectivity index (χ2n) is 4.56. The predicted molar refractivity (Wildman–Crippen MR) is 79.8 cm³/mol. The molecule has 3 aromatic rings.